The van der Waals surface area contributed by atoms with E-state index < -0.39 is 35.2 Å². The van der Waals surface area contributed by atoms with Gasteiger partial charge in [-0.05, 0) is 37.1 Å². The Morgan fingerprint density at radius 2 is 1.74 bits per heavy atom. The Bertz CT molecular complexity index is 863. The fraction of sp³-hybridized carbons (Fsp3) is 0.263. The van der Waals surface area contributed by atoms with Crippen LogP contribution in [-0.4, -0.2) is 29.8 Å². The van der Waals surface area contributed by atoms with Crippen molar-refractivity contribution < 1.29 is 22.8 Å². The monoisotopic (exact) mass is 396 g/mol. The van der Waals surface area contributed by atoms with Crippen LogP contribution in [0.1, 0.15) is 23.2 Å². The molecule has 1 saturated heterocycles. The molecule has 0 bridgehead atoms. The lowest BCUT2D eigenvalue weighted by molar-refractivity contribution is -0.121. The number of benzene rings is 2. The molecule has 0 radical (unpaired) electrons. The van der Waals surface area contributed by atoms with Crippen molar-refractivity contribution >= 4 is 29.1 Å². The van der Waals surface area contributed by atoms with Gasteiger partial charge in [0.25, 0.3) is 5.91 Å². The topological polar surface area (TPSA) is 49.4 Å². The van der Waals surface area contributed by atoms with Gasteiger partial charge in [0, 0.05) is 25.1 Å². The number of halogens is 4. The molecule has 0 saturated carbocycles. The minimum atomic E-state index is -0.856. The second-order valence-corrected chi connectivity index (χ2v) is 6.68. The zero-order chi connectivity index (χ0) is 19.6. The lowest BCUT2D eigenvalue weighted by Crippen LogP contribution is -2.41. The van der Waals surface area contributed by atoms with Crippen LogP contribution in [0, 0.1) is 23.4 Å². The maximum atomic E-state index is 13.9. The van der Waals surface area contributed by atoms with Crippen LogP contribution in [0.15, 0.2) is 36.4 Å². The highest BCUT2D eigenvalue weighted by atomic mass is 35.5. The predicted molar refractivity (Wildman–Crippen MR) is 95.0 cm³/mol. The summed E-state index contributed by atoms with van der Waals surface area (Å²) in [6.45, 7) is 0.487. The smallest absolute Gasteiger partial charge is 0.258 e. The Hall–Kier alpha value is -2.54. The van der Waals surface area contributed by atoms with Gasteiger partial charge < -0.3 is 10.2 Å². The maximum Gasteiger partial charge on any atom is 0.258 e. The van der Waals surface area contributed by atoms with Gasteiger partial charge in [0.15, 0.2) is 0 Å². The molecule has 1 N–H and O–H groups in total. The summed E-state index contributed by atoms with van der Waals surface area (Å²) in [6.07, 6.45) is 0.679. The number of anilines is 1. The molecular weight excluding hydrogens is 381 g/mol. The highest BCUT2D eigenvalue weighted by molar-refractivity contribution is 6.33. The van der Waals surface area contributed by atoms with E-state index >= 15 is 0 Å². The number of carbonyl (C=O) groups is 2. The quantitative estimate of drug-likeness (QED) is 0.843. The van der Waals surface area contributed by atoms with E-state index in [9.17, 15) is 22.8 Å². The lowest BCUT2D eigenvalue weighted by Gasteiger charge is -2.31. The summed E-state index contributed by atoms with van der Waals surface area (Å²) in [6, 6.07) is 6.92. The largest absolute Gasteiger partial charge is 0.338 e. The van der Waals surface area contributed by atoms with Gasteiger partial charge in [0.05, 0.1) is 16.3 Å². The average molecular weight is 397 g/mol. The number of likely N-dealkylation sites (tertiary alicyclic amines) is 1. The number of carbonyl (C=O) groups excluding carboxylic acids is 2. The molecule has 1 aliphatic heterocycles. The van der Waals surface area contributed by atoms with Crippen molar-refractivity contribution in [2.75, 3.05) is 18.4 Å². The zero-order valence-corrected chi connectivity index (χ0v) is 14.9. The average Bonchev–Trinajstić information content (AvgIpc) is 2.64. The van der Waals surface area contributed by atoms with E-state index in [1.165, 1.54) is 17.0 Å². The molecule has 27 heavy (non-hydrogen) atoms. The first-order valence-corrected chi connectivity index (χ1v) is 8.74. The molecule has 0 atom stereocenters. The normalized spacial score (nSPS) is 14.9. The number of amides is 2. The highest BCUT2D eigenvalue weighted by Gasteiger charge is 2.30. The van der Waals surface area contributed by atoms with Crippen LogP contribution in [0.25, 0.3) is 0 Å². The maximum absolute atomic E-state index is 13.9. The summed E-state index contributed by atoms with van der Waals surface area (Å²) in [5, 5.41) is 2.47. The molecule has 4 nitrogen and oxygen atoms in total. The van der Waals surface area contributed by atoms with Crippen LogP contribution in [-0.2, 0) is 4.79 Å². The molecule has 1 fully saturated rings. The number of hydrogen-bond donors (Lipinski definition) is 1. The predicted octanol–water partition coefficient (Wildman–Crippen LogP) is 4.25. The van der Waals surface area contributed by atoms with Gasteiger partial charge in [-0.25, -0.2) is 13.2 Å². The lowest BCUT2D eigenvalue weighted by atomic mass is 9.95. The van der Waals surface area contributed by atoms with Gasteiger partial charge in [0.2, 0.25) is 5.91 Å². The fourth-order valence-corrected chi connectivity index (χ4v) is 3.27. The summed E-state index contributed by atoms with van der Waals surface area (Å²) in [7, 11) is 0. The molecule has 8 heteroatoms. The van der Waals surface area contributed by atoms with Crippen molar-refractivity contribution in [1.82, 2.24) is 4.90 Å². The Morgan fingerprint density at radius 1 is 1.04 bits per heavy atom. The first-order chi connectivity index (χ1) is 12.9. The molecule has 3 rings (SSSR count). The summed E-state index contributed by atoms with van der Waals surface area (Å²) in [5.41, 5.74) is -0.284. The Morgan fingerprint density at radius 3 is 2.37 bits per heavy atom. The molecule has 0 aromatic heterocycles. The third-order valence-corrected chi connectivity index (χ3v) is 4.83. The van der Waals surface area contributed by atoms with Crippen molar-refractivity contribution in [3.05, 3.63) is 64.4 Å². The Labute approximate surface area is 158 Å². The Kier molecular flexibility index (Phi) is 5.70. The zero-order valence-electron chi connectivity index (χ0n) is 14.1. The van der Waals surface area contributed by atoms with Crippen LogP contribution in [0.3, 0.4) is 0 Å². The van der Waals surface area contributed by atoms with Gasteiger partial charge in [-0.1, -0.05) is 17.7 Å². The first-order valence-electron chi connectivity index (χ1n) is 8.36. The van der Waals surface area contributed by atoms with Crippen LogP contribution in [0.5, 0.6) is 0 Å². The summed E-state index contributed by atoms with van der Waals surface area (Å²) in [5.74, 6) is -3.65. The van der Waals surface area contributed by atoms with Gasteiger partial charge in [0.1, 0.15) is 17.5 Å². The van der Waals surface area contributed by atoms with E-state index in [4.69, 9.17) is 11.6 Å². The van der Waals surface area contributed by atoms with Crippen molar-refractivity contribution in [3.8, 4) is 0 Å². The number of hydrogen-bond acceptors (Lipinski definition) is 2. The van der Waals surface area contributed by atoms with Crippen molar-refractivity contribution in [2.24, 2.45) is 5.92 Å². The molecular formula is C19H16ClF3N2O2. The highest BCUT2D eigenvalue weighted by Crippen LogP contribution is 2.25. The van der Waals surface area contributed by atoms with E-state index in [0.29, 0.717) is 18.9 Å². The summed E-state index contributed by atoms with van der Waals surface area (Å²) in [4.78, 5) is 26.2. The van der Waals surface area contributed by atoms with Gasteiger partial charge >= 0.3 is 0 Å². The Balaban J connectivity index is 1.61. The van der Waals surface area contributed by atoms with Gasteiger partial charge in [-0.15, -0.1) is 0 Å². The summed E-state index contributed by atoms with van der Waals surface area (Å²) >= 11 is 5.93. The van der Waals surface area contributed by atoms with Crippen LogP contribution in [0.2, 0.25) is 5.02 Å². The van der Waals surface area contributed by atoms with Gasteiger partial charge in [-0.2, -0.15) is 0 Å². The van der Waals surface area contributed by atoms with Crippen molar-refractivity contribution in [3.63, 3.8) is 0 Å². The SMILES string of the molecule is O=C(Nc1ccc(F)cc1F)C1CCN(C(=O)c2c(F)cccc2Cl)CC1. The molecule has 0 spiro atoms. The molecule has 2 aromatic rings. The second kappa shape index (κ2) is 8.00. The van der Waals surface area contributed by atoms with E-state index in [0.717, 1.165) is 18.2 Å². The number of nitrogens with one attached hydrogen (secondary N) is 1. The van der Waals surface area contributed by atoms with Crippen molar-refractivity contribution in [1.29, 1.82) is 0 Å². The van der Waals surface area contributed by atoms with Crippen LogP contribution in [0.4, 0.5) is 18.9 Å². The first kappa shape index (κ1) is 19.2. The molecule has 142 valence electrons. The minimum absolute atomic E-state index is 0.0339. The number of piperidine rings is 1. The van der Waals surface area contributed by atoms with E-state index in [2.05, 4.69) is 5.32 Å². The molecule has 0 unspecified atom stereocenters. The molecule has 1 aliphatic rings. The van der Waals surface area contributed by atoms with Crippen LogP contribution < -0.4 is 5.32 Å². The fourth-order valence-electron chi connectivity index (χ4n) is 3.03. The van der Waals surface area contributed by atoms with Gasteiger partial charge in [-0.3, -0.25) is 9.59 Å². The standard InChI is InChI=1S/C19H16ClF3N2O2/c20-13-2-1-3-14(22)17(13)19(27)25-8-6-11(7-9-25)18(26)24-16-5-4-12(21)10-15(16)23/h1-5,10-11H,6-9H2,(H,24,26). The molecule has 2 amide bonds. The number of nitrogens with zero attached hydrogens (tertiary/aromatic N) is 1. The third-order valence-electron chi connectivity index (χ3n) is 4.52. The minimum Gasteiger partial charge on any atom is -0.338 e. The number of rotatable bonds is 3. The second-order valence-electron chi connectivity index (χ2n) is 6.28. The third kappa shape index (κ3) is 4.24. The molecule has 0 aliphatic carbocycles. The van der Waals surface area contributed by atoms with Crippen molar-refractivity contribution in [2.45, 2.75) is 12.8 Å². The van der Waals surface area contributed by atoms with E-state index in [1.54, 1.807) is 0 Å². The molecule has 1 heterocycles. The van der Waals surface area contributed by atoms with Crippen LogP contribution >= 0.6 is 11.6 Å². The van der Waals surface area contributed by atoms with E-state index in [1.807, 2.05) is 0 Å². The van der Waals surface area contributed by atoms with E-state index in [-0.39, 0.29) is 29.4 Å². The summed E-state index contributed by atoms with van der Waals surface area (Å²) < 4.78 is 40.5. The molecule has 2 aromatic carbocycles.